The van der Waals surface area contributed by atoms with Gasteiger partial charge >= 0.3 is 13.9 Å². The lowest BCUT2D eigenvalue weighted by Gasteiger charge is -2.69. The van der Waals surface area contributed by atoms with Crippen molar-refractivity contribution >= 4 is 99.5 Å². The number of aromatic amines is 2. The topological polar surface area (TPSA) is 190 Å². The second kappa shape index (κ2) is 13.8. The van der Waals surface area contributed by atoms with E-state index in [2.05, 4.69) is 15.3 Å². The van der Waals surface area contributed by atoms with Crippen molar-refractivity contribution in [2.24, 2.45) is 10.8 Å². The number of hydrogen-bond donors (Lipinski definition) is 5. The van der Waals surface area contributed by atoms with Crippen LogP contribution in [0.2, 0.25) is 0 Å². The quantitative estimate of drug-likeness (QED) is 0.0727. The lowest BCUT2D eigenvalue weighted by molar-refractivity contribution is -0.204. The van der Waals surface area contributed by atoms with Crippen molar-refractivity contribution in [3.63, 3.8) is 0 Å². The number of alkyl carbamates (subject to hydrolysis) is 1. The molecule has 9 rings (SSSR count). The van der Waals surface area contributed by atoms with Gasteiger partial charge < -0.3 is 44.0 Å². The van der Waals surface area contributed by atoms with E-state index in [9.17, 15) is 28.7 Å². The van der Waals surface area contributed by atoms with Crippen molar-refractivity contribution in [2.45, 2.75) is 44.9 Å². The van der Waals surface area contributed by atoms with Crippen LogP contribution in [0.4, 0.5) is 16.2 Å². The smallest absolute Gasteiger partial charge is 0.448 e. The number of carbonyl (C=O) groups excluding carboxylic acids is 3. The fourth-order valence-electron chi connectivity index (χ4n) is 9.37. The van der Waals surface area contributed by atoms with E-state index in [0.717, 1.165) is 38.5 Å². The standard InChI is InChI=1S/C37H41Cl2N6O9PS/c1-18-11-41-30-24(53-35(56)43(4)5-6-52-34(48)40-3)7-22-28(26(18)30)20(9-38)13-44(22)32(46)36-15-37(16-36,17-36)33(47)45-14-21(10-39)29-23(45)8-25(54-55(49,50)51)31-27(29)19(2)12-42-31/h7-8,11-12,20-21,41-42H,5-6,9-10,13-17H2,1-4H3,(H,40,48)(H2,49,50,51)/t20-,21-,36?,37?/m1/s1. The molecule has 3 amide bonds. The number of thiocarbonyl (C=S) groups is 1. The number of carbonyl (C=O) groups is 3. The van der Waals surface area contributed by atoms with Crippen LogP contribution in [0.25, 0.3) is 21.8 Å². The summed E-state index contributed by atoms with van der Waals surface area (Å²) in [6.45, 7) is 4.89. The van der Waals surface area contributed by atoms with Gasteiger partial charge in [-0.25, -0.2) is 9.36 Å². The molecule has 2 bridgehead atoms. The van der Waals surface area contributed by atoms with Crippen molar-refractivity contribution in [2.75, 3.05) is 61.9 Å². The largest absolute Gasteiger partial charge is 0.524 e. The third-order valence-corrected chi connectivity index (χ3v) is 13.4. The van der Waals surface area contributed by atoms with Gasteiger partial charge in [-0.1, -0.05) is 0 Å². The minimum Gasteiger partial charge on any atom is -0.448 e. The first kappa shape index (κ1) is 38.8. The van der Waals surface area contributed by atoms with Crippen LogP contribution in [0.1, 0.15) is 53.4 Å². The van der Waals surface area contributed by atoms with Gasteiger partial charge in [0.1, 0.15) is 6.61 Å². The van der Waals surface area contributed by atoms with E-state index >= 15 is 0 Å². The Balaban J connectivity index is 1.05. The maximum absolute atomic E-state index is 14.6. The Morgan fingerprint density at radius 3 is 1.88 bits per heavy atom. The summed E-state index contributed by atoms with van der Waals surface area (Å²) in [6, 6.07) is 3.32. The van der Waals surface area contributed by atoms with E-state index in [0.29, 0.717) is 61.5 Å². The molecule has 4 aromatic rings. The first-order valence-electron chi connectivity index (χ1n) is 18.1. The number of benzene rings is 2. The summed E-state index contributed by atoms with van der Waals surface area (Å²) < 4.78 is 28.4. The van der Waals surface area contributed by atoms with E-state index in [4.69, 9.17) is 49.4 Å². The minimum atomic E-state index is -4.92. The van der Waals surface area contributed by atoms with Gasteiger partial charge in [0.2, 0.25) is 11.8 Å². The summed E-state index contributed by atoms with van der Waals surface area (Å²) in [5.41, 5.74) is 4.40. The van der Waals surface area contributed by atoms with Crippen molar-refractivity contribution in [3.05, 3.63) is 46.8 Å². The second-order valence-corrected chi connectivity index (χ2v) is 17.6. The number of aromatic nitrogens is 2. The minimum absolute atomic E-state index is 0.0588. The molecular formula is C37H41Cl2N6O9PS. The number of alkyl halides is 2. The molecule has 2 atom stereocenters. The zero-order valence-corrected chi connectivity index (χ0v) is 34.3. The monoisotopic (exact) mass is 846 g/mol. The molecule has 2 aliphatic heterocycles. The molecule has 56 heavy (non-hydrogen) atoms. The molecule has 298 valence electrons. The van der Waals surface area contributed by atoms with Crippen LogP contribution in [-0.2, 0) is 18.9 Å². The molecule has 0 unspecified atom stereocenters. The summed E-state index contributed by atoms with van der Waals surface area (Å²) in [5, 5.41) is 4.18. The number of amides is 3. The number of anilines is 2. The average Bonchev–Trinajstić information content (AvgIpc) is 3.89. The Kier molecular flexibility index (Phi) is 9.57. The SMILES string of the molecule is CNC(=O)OCCN(C)C(=S)Oc1cc2c(c3c(C)c[nH]c13)[C@H](CCl)CN2C(=O)C12CC(C(=O)N3C[C@@H](CCl)c4c3cc(OP(=O)(O)O)c3[nH]cc(C)c43)(C1)C2. The lowest BCUT2D eigenvalue weighted by atomic mass is 9.34. The van der Waals surface area contributed by atoms with Crippen molar-refractivity contribution in [1.29, 1.82) is 0 Å². The molecular weight excluding hydrogens is 806 g/mol. The second-order valence-electron chi connectivity index (χ2n) is 15.4. The summed E-state index contributed by atoms with van der Waals surface area (Å²) in [6.07, 6.45) is 4.15. The van der Waals surface area contributed by atoms with Gasteiger partial charge in [0, 0.05) is 86.1 Å². The number of aryl methyl sites for hydroxylation is 2. The fraction of sp³-hybridized carbons (Fsp3) is 0.459. The highest BCUT2D eigenvalue weighted by atomic mass is 35.5. The highest BCUT2D eigenvalue weighted by molar-refractivity contribution is 7.80. The van der Waals surface area contributed by atoms with Crippen LogP contribution in [-0.4, -0.2) is 99.8 Å². The molecule has 15 nitrogen and oxygen atoms in total. The third kappa shape index (κ3) is 6.02. The number of phosphoric acid groups is 1. The van der Waals surface area contributed by atoms with E-state index in [1.807, 2.05) is 26.1 Å². The molecule has 0 spiro atoms. The Morgan fingerprint density at radius 1 is 0.929 bits per heavy atom. The zero-order valence-electron chi connectivity index (χ0n) is 31.0. The van der Waals surface area contributed by atoms with Gasteiger partial charge in [-0.05, 0) is 67.6 Å². The van der Waals surface area contributed by atoms with E-state index in [1.54, 1.807) is 27.9 Å². The van der Waals surface area contributed by atoms with E-state index in [-0.39, 0.29) is 52.9 Å². The van der Waals surface area contributed by atoms with Gasteiger partial charge in [-0.15, -0.1) is 23.2 Å². The van der Waals surface area contributed by atoms with Crippen LogP contribution < -0.4 is 24.4 Å². The number of fused-ring (bicyclic) bond motifs is 6. The molecule has 0 radical (unpaired) electrons. The molecule has 5 aliphatic rings. The zero-order chi connectivity index (χ0) is 40.1. The maximum atomic E-state index is 14.6. The number of phosphoric ester groups is 1. The van der Waals surface area contributed by atoms with Crippen LogP contribution >= 0.6 is 43.2 Å². The van der Waals surface area contributed by atoms with Crippen molar-refractivity contribution in [3.8, 4) is 11.5 Å². The summed E-state index contributed by atoms with van der Waals surface area (Å²) in [5.74, 6) is 0.307. The van der Waals surface area contributed by atoms with Crippen LogP contribution in [0.5, 0.6) is 11.5 Å². The Morgan fingerprint density at radius 2 is 1.41 bits per heavy atom. The van der Waals surface area contributed by atoms with E-state index < -0.39 is 24.7 Å². The van der Waals surface area contributed by atoms with Gasteiger partial charge in [-0.3, -0.25) is 19.4 Å². The number of H-pyrrole nitrogens is 2. The molecule has 2 aromatic heterocycles. The summed E-state index contributed by atoms with van der Waals surface area (Å²) in [7, 11) is -1.72. The van der Waals surface area contributed by atoms with Gasteiger partial charge in [-0.2, -0.15) is 0 Å². The molecule has 5 N–H and O–H groups in total. The van der Waals surface area contributed by atoms with Gasteiger partial charge in [0.15, 0.2) is 11.5 Å². The molecule has 0 saturated heterocycles. The maximum Gasteiger partial charge on any atom is 0.524 e. The molecule has 4 heterocycles. The third-order valence-electron chi connectivity index (χ3n) is 11.9. The number of nitrogens with zero attached hydrogens (tertiary/aromatic N) is 3. The number of ether oxygens (including phenoxy) is 2. The average molecular weight is 848 g/mol. The highest BCUT2D eigenvalue weighted by Crippen LogP contribution is 2.75. The van der Waals surface area contributed by atoms with Crippen molar-refractivity contribution < 1.29 is 42.7 Å². The van der Waals surface area contributed by atoms with Crippen LogP contribution in [0, 0.1) is 24.7 Å². The summed E-state index contributed by atoms with van der Waals surface area (Å²) >= 11 is 18.6. The first-order valence-corrected chi connectivity index (χ1v) is 21.1. The first-order chi connectivity index (χ1) is 26.5. The normalized spacial score (nSPS) is 23.4. The number of halogens is 2. The molecule has 19 heteroatoms. The number of rotatable bonds is 10. The molecule has 2 aromatic carbocycles. The van der Waals surface area contributed by atoms with Gasteiger partial charge in [0.25, 0.3) is 5.17 Å². The Bertz CT molecular complexity index is 2380. The van der Waals surface area contributed by atoms with Gasteiger partial charge in [0.05, 0.1) is 39.8 Å². The Hall–Kier alpha value is -4.05. The molecule has 3 fully saturated rings. The fourth-order valence-corrected chi connectivity index (χ4v) is 10.5. The lowest BCUT2D eigenvalue weighted by Crippen LogP contribution is -2.73. The van der Waals surface area contributed by atoms with Crippen LogP contribution in [0.15, 0.2) is 24.5 Å². The van der Waals surface area contributed by atoms with Crippen molar-refractivity contribution in [1.82, 2.24) is 20.2 Å². The van der Waals surface area contributed by atoms with Crippen LogP contribution in [0.3, 0.4) is 0 Å². The summed E-state index contributed by atoms with van der Waals surface area (Å²) in [4.78, 5) is 71.5. The number of likely N-dealkylation sites (N-methyl/N-ethyl adjacent to an activating group) is 1. The molecule has 3 saturated carbocycles. The Labute approximate surface area is 337 Å². The molecule has 3 aliphatic carbocycles. The predicted molar refractivity (Wildman–Crippen MR) is 215 cm³/mol. The number of nitrogens with one attached hydrogen (secondary N) is 3. The highest BCUT2D eigenvalue weighted by Gasteiger charge is 2.76. The number of hydrogen-bond acceptors (Lipinski definition) is 8. The predicted octanol–water partition coefficient (Wildman–Crippen LogP) is 5.90. The van der Waals surface area contributed by atoms with E-state index in [1.165, 1.54) is 13.1 Å².